The van der Waals surface area contributed by atoms with E-state index in [1.807, 2.05) is 13.8 Å². The lowest BCUT2D eigenvalue weighted by Crippen LogP contribution is -2.43. The molecule has 3 rings (SSSR count). The van der Waals surface area contributed by atoms with Crippen LogP contribution in [-0.2, 0) is 21.2 Å². The van der Waals surface area contributed by atoms with Gasteiger partial charge in [-0.05, 0) is 68.5 Å². The highest BCUT2D eigenvalue weighted by molar-refractivity contribution is 7.89. The van der Waals surface area contributed by atoms with Gasteiger partial charge in [-0.2, -0.15) is 4.31 Å². The van der Waals surface area contributed by atoms with Crippen LogP contribution in [0.25, 0.3) is 0 Å². The minimum Gasteiger partial charge on any atom is -0.356 e. The van der Waals surface area contributed by atoms with Crippen LogP contribution in [0.5, 0.6) is 0 Å². The van der Waals surface area contributed by atoms with Gasteiger partial charge in [-0.3, -0.25) is 4.79 Å². The van der Waals surface area contributed by atoms with E-state index in [1.165, 1.54) is 22.5 Å². The third-order valence-electron chi connectivity index (χ3n) is 5.68. The van der Waals surface area contributed by atoms with Crippen LogP contribution in [-0.4, -0.2) is 38.3 Å². The molecule has 162 valence electrons. The first-order valence-corrected chi connectivity index (χ1v) is 11.4. The van der Waals surface area contributed by atoms with Crippen molar-refractivity contribution in [2.75, 3.05) is 19.6 Å². The summed E-state index contributed by atoms with van der Waals surface area (Å²) in [6, 6.07) is 8.74. The summed E-state index contributed by atoms with van der Waals surface area (Å²) in [5.74, 6) is -1.79. The van der Waals surface area contributed by atoms with Gasteiger partial charge in [0.15, 0.2) is 0 Å². The maximum atomic E-state index is 13.7. The molecular weight excluding hydrogens is 410 g/mol. The third-order valence-corrected chi connectivity index (χ3v) is 7.57. The van der Waals surface area contributed by atoms with Crippen LogP contribution < -0.4 is 5.32 Å². The average molecular weight is 437 g/mol. The molecule has 1 amide bonds. The van der Waals surface area contributed by atoms with Crippen molar-refractivity contribution in [2.45, 2.75) is 38.0 Å². The van der Waals surface area contributed by atoms with Crippen molar-refractivity contribution in [1.29, 1.82) is 0 Å². The lowest BCUT2D eigenvalue weighted by atomic mass is 9.97. The number of hydrogen-bond donors (Lipinski definition) is 1. The van der Waals surface area contributed by atoms with E-state index < -0.39 is 21.7 Å². The highest BCUT2D eigenvalue weighted by Crippen LogP contribution is 2.25. The maximum Gasteiger partial charge on any atom is 0.243 e. The Hall–Kier alpha value is -2.32. The number of piperidine rings is 1. The topological polar surface area (TPSA) is 66.5 Å². The van der Waals surface area contributed by atoms with Gasteiger partial charge in [0.25, 0.3) is 0 Å². The van der Waals surface area contributed by atoms with Gasteiger partial charge < -0.3 is 5.32 Å². The van der Waals surface area contributed by atoms with E-state index in [9.17, 15) is 22.0 Å². The zero-order valence-electron chi connectivity index (χ0n) is 17.1. The Morgan fingerprint density at radius 1 is 1.07 bits per heavy atom. The molecule has 2 aromatic carbocycles. The van der Waals surface area contributed by atoms with Gasteiger partial charge in [-0.15, -0.1) is 0 Å². The molecule has 1 N–H and O–H groups in total. The first kappa shape index (κ1) is 22.4. The van der Waals surface area contributed by atoms with Crippen LogP contribution in [0.3, 0.4) is 0 Å². The van der Waals surface area contributed by atoms with E-state index >= 15 is 0 Å². The molecule has 0 radical (unpaired) electrons. The molecule has 0 spiro atoms. The summed E-state index contributed by atoms with van der Waals surface area (Å²) in [5.41, 5.74) is 1.89. The first-order valence-electron chi connectivity index (χ1n) is 9.98. The molecule has 0 unspecified atom stereocenters. The SMILES string of the molecule is Cc1ccc(S(=O)(=O)N2CCC(C(=O)NCCc3c(F)cccc3F)CC2)cc1C. The van der Waals surface area contributed by atoms with Gasteiger partial charge in [0.05, 0.1) is 4.90 Å². The molecule has 5 nitrogen and oxygen atoms in total. The first-order chi connectivity index (χ1) is 14.2. The Morgan fingerprint density at radius 2 is 1.70 bits per heavy atom. The van der Waals surface area contributed by atoms with Crippen LogP contribution in [0, 0.1) is 31.4 Å². The van der Waals surface area contributed by atoms with Crippen LogP contribution >= 0.6 is 0 Å². The van der Waals surface area contributed by atoms with Crippen molar-refractivity contribution < 1.29 is 22.0 Å². The monoisotopic (exact) mass is 436 g/mol. The predicted octanol–water partition coefficient (Wildman–Crippen LogP) is 3.34. The van der Waals surface area contributed by atoms with E-state index in [1.54, 1.807) is 18.2 Å². The molecule has 1 aliphatic heterocycles. The van der Waals surface area contributed by atoms with Crippen molar-refractivity contribution >= 4 is 15.9 Å². The third kappa shape index (κ3) is 4.87. The molecule has 0 atom stereocenters. The van der Waals surface area contributed by atoms with Crippen molar-refractivity contribution in [3.63, 3.8) is 0 Å². The number of nitrogens with one attached hydrogen (secondary N) is 1. The number of aryl methyl sites for hydroxylation is 2. The number of halogens is 2. The summed E-state index contributed by atoms with van der Waals surface area (Å²) in [6.45, 7) is 4.44. The molecule has 0 saturated carbocycles. The van der Waals surface area contributed by atoms with Crippen LogP contribution in [0.4, 0.5) is 8.78 Å². The molecular formula is C22H26F2N2O3S. The Kier molecular flexibility index (Phi) is 6.88. The smallest absolute Gasteiger partial charge is 0.243 e. The molecule has 0 aliphatic carbocycles. The lowest BCUT2D eigenvalue weighted by Gasteiger charge is -2.30. The predicted molar refractivity (Wildman–Crippen MR) is 110 cm³/mol. The largest absolute Gasteiger partial charge is 0.356 e. The lowest BCUT2D eigenvalue weighted by molar-refractivity contribution is -0.126. The highest BCUT2D eigenvalue weighted by Gasteiger charge is 2.32. The van der Waals surface area contributed by atoms with Gasteiger partial charge in [-0.1, -0.05) is 12.1 Å². The zero-order valence-corrected chi connectivity index (χ0v) is 17.9. The number of sulfonamides is 1. The standard InChI is InChI=1S/C22H26F2N2O3S/c1-15-6-7-18(14-16(15)2)30(28,29)26-12-9-17(10-13-26)22(27)25-11-8-19-20(23)4-3-5-21(19)24/h3-7,14,17H,8-13H2,1-2H3,(H,25,27). The van der Waals surface area contributed by atoms with E-state index in [2.05, 4.69) is 5.32 Å². The van der Waals surface area contributed by atoms with Crippen molar-refractivity contribution in [3.8, 4) is 0 Å². The highest BCUT2D eigenvalue weighted by atomic mass is 32.2. The second-order valence-corrected chi connectivity index (χ2v) is 9.60. The van der Waals surface area contributed by atoms with Gasteiger partial charge in [0.1, 0.15) is 11.6 Å². The zero-order chi connectivity index (χ0) is 21.9. The number of amides is 1. The summed E-state index contributed by atoms with van der Waals surface area (Å²) >= 11 is 0. The molecule has 1 heterocycles. The Bertz CT molecular complexity index is 1010. The van der Waals surface area contributed by atoms with E-state index in [4.69, 9.17) is 0 Å². The summed E-state index contributed by atoms with van der Waals surface area (Å²) in [4.78, 5) is 12.7. The van der Waals surface area contributed by atoms with Crippen LogP contribution in [0.2, 0.25) is 0 Å². The van der Waals surface area contributed by atoms with Gasteiger partial charge in [0, 0.05) is 31.1 Å². The summed E-state index contributed by atoms with van der Waals surface area (Å²) in [5, 5.41) is 2.71. The van der Waals surface area contributed by atoms with E-state index in [0.29, 0.717) is 12.8 Å². The number of rotatable bonds is 6. The molecule has 0 bridgehead atoms. The fourth-order valence-corrected chi connectivity index (χ4v) is 5.16. The second kappa shape index (κ2) is 9.22. The van der Waals surface area contributed by atoms with E-state index in [0.717, 1.165) is 11.1 Å². The summed E-state index contributed by atoms with van der Waals surface area (Å²) < 4.78 is 54.5. The summed E-state index contributed by atoms with van der Waals surface area (Å²) in [7, 11) is -3.59. The minimum absolute atomic E-state index is 0.0490. The van der Waals surface area contributed by atoms with Crippen LogP contribution in [0.15, 0.2) is 41.3 Å². The average Bonchev–Trinajstić information content (AvgIpc) is 2.72. The van der Waals surface area contributed by atoms with Crippen molar-refractivity contribution in [3.05, 3.63) is 64.7 Å². The Morgan fingerprint density at radius 3 is 2.30 bits per heavy atom. The Balaban J connectivity index is 1.53. The number of nitrogens with zero attached hydrogens (tertiary/aromatic N) is 1. The van der Waals surface area contributed by atoms with Gasteiger partial charge in [0.2, 0.25) is 15.9 Å². The second-order valence-electron chi connectivity index (χ2n) is 7.67. The van der Waals surface area contributed by atoms with Crippen molar-refractivity contribution in [2.24, 2.45) is 5.92 Å². The maximum absolute atomic E-state index is 13.7. The fourth-order valence-electron chi connectivity index (χ4n) is 3.61. The van der Waals surface area contributed by atoms with Gasteiger partial charge in [-0.25, -0.2) is 17.2 Å². The quantitative estimate of drug-likeness (QED) is 0.755. The minimum atomic E-state index is -3.59. The molecule has 2 aromatic rings. The number of carbonyl (C=O) groups excluding carboxylic acids is 1. The summed E-state index contributed by atoms with van der Waals surface area (Å²) in [6.07, 6.45) is 0.873. The molecule has 1 saturated heterocycles. The number of carbonyl (C=O) groups is 1. The molecule has 1 aliphatic rings. The molecule has 0 aromatic heterocycles. The normalized spacial score (nSPS) is 15.9. The van der Waals surface area contributed by atoms with E-state index in [-0.39, 0.29) is 48.3 Å². The van der Waals surface area contributed by atoms with Crippen LogP contribution in [0.1, 0.15) is 29.5 Å². The molecule has 1 fully saturated rings. The fraction of sp³-hybridized carbons (Fsp3) is 0.409. The van der Waals surface area contributed by atoms with Gasteiger partial charge >= 0.3 is 0 Å². The van der Waals surface area contributed by atoms with Crippen molar-refractivity contribution in [1.82, 2.24) is 9.62 Å². The number of hydrogen-bond acceptors (Lipinski definition) is 3. The molecule has 30 heavy (non-hydrogen) atoms. The molecule has 8 heteroatoms. The number of benzene rings is 2. The Labute approximate surface area is 176 Å².